The molecule has 0 saturated heterocycles. The Morgan fingerprint density at radius 2 is 1.66 bits per heavy atom. The molecule has 10 nitrogen and oxygen atoms in total. The highest BCUT2D eigenvalue weighted by Gasteiger charge is 2.22. The molecule has 0 aliphatic heterocycles. The molecule has 236 valence electrons. The van der Waals surface area contributed by atoms with Gasteiger partial charge in [0.1, 0.15) is 27.0 Å². The maximum absolute atomic E-state index is 16.3. The third kappa shape index (κ3) is 6.48. The first-order valence-electron chi connectivity index (χ1n) is 14.8. The summed E-state index contributed by atoms with van der Waals surface area (Å²) in [5.74, 6) is -0.929. The fourth-order valence-corrected chi connectivity index (χ4v) is 6.13. The van der Waals surface area contributed by atoms with E-state index in [1.165, 1.54) is 18.3 Å². The highest BCUT2D eigenvalue weighted by Crippen LogP contribution is 2.34. The van der Waals surface area contributed by atoms with E-state index in [0.717, 1.165) is 17.4 Å². The highest BCUT2D eigenvalue weighted by atomic mass is 32.2. The summed E-state index contributed by atoms with van der Waals surface area (Å²) < 4.78 is 54.3. The summed E-state index contributed by atoms with van der Waals surface area (Å²) in [4.78, 5) is 20.9. The van der Waals surface area contributed by atoms with Crippen LogP contribution in [0.3, 0.4) is 0 Å². The Kier molecular flexibility index (Phi) is 8.00. The Bertz CT molecular complexity index is 2360. The number of hydrogen-bond donors (Lipinski definition) is 3. The molecule has 0 radical (unpaired) electrons. The van der Waals surface area contributed by atoms with Crippen LogP contribution < -0.4 is 5.32 Å². The maximum atomic E-state index is 16.3. The fraction of sp³-hybridized carbons (Fsp3) is 0.147. The number of nitrogens with zero attached hydrogens (tertiary/aromatic N) is 5. The van der Waals surface area contributed by atoms with Gasteiger partial charge >= 0.3 is 0 Å². The number of sulfone groups is 1. The molecule has 0 spiro atoms. The van der Waals surface area contributed by atoms with Gasteiger partial charge in [-0.25, -0.2) is 27.2 Å². The van der Waals surface area contributed by atoms with Crippen molar-refractivity contribution in [3.8, 4) is 33.9 Å². The Morgan fingerprint density at radius 1 is 0.851 bits per heavy atom. The second-order valence-corrected chi connectivity index (χ2v) is 13.6. The topological polar surface area (TPSA) is 142 Å². The lowest BCUT2D eigenvalue weighted by atomic mass is 10.0. The molecular formula is C34H28F2N8O2S. The molecule has 0 unspecified atom stereocenters. The van der Waals surface area contributed by atoms with Crippen LogP contribution in [-0.2, 0) is 29.3 Å². The fourth-order valence-electron chi connectivity index (χ4n) is 5.53. The Balaban J connectivity index is 1.22. The first-order chi connectivity index (χ1) is 22.7. The normalized spacial score (nSPS) is 11.9. The van der Waals surface area contributed by atoms with Gasteiger partial charge in [0.05, 0.1) is 28.4 Å². The van der Waals surface area contributed by atoms with E-state index in [4.69, 9.17) is 0 Å². The summed E-state index contributed by atoms with van der Waals surface area (Å²) in [7, 11) is -3.23. The predicted molar refractivity (Wildman–Crippen MR) is 176 cm³/mol. The van der Waals surface area contributed by atoms with E-state index < -0.39 is 21.5 Å². The van der Waals surface area contributed by atoms with Gasteiger partial charge in [-0.2, -0.15) is 5.10 Å². The van der Waals surface area contributed by atoms with E-state index in [1.807, 2.05) is 36.4 Å². The number of pyridine rings is 3. The summed E-state index contributed by atoms with van der Waals surface area (Å²) in [6.07, 6.45) is 7.67. The second-order valence-electron chi connectivity index (χ2n) is 11.3. The van der Waals surface area contributed by atoms with Crippen LogP contribution in [0, 0.1) is 11.6 Å². The van der Waals surface area contributed by atoms with Gasteiger partial charge in [0.2, 0.25) is 0 Å². The van der Waals surface area contributed by atoms with E-state index in [2.05, 4.69) is 40.4 Å². The van der Waals surface area contributed by atoms with Crippen molar-refractivity contribution in [3.05, 3.63) is 114 Å². The zero-order valence-corrected chi connectivity index (χ0v) is 25.9. The SMILES string of the molecule is CS(=O)(=O)CCc1cc(F)cc(-c2ccnc3nc(-c4n[nH]c5cnc(-c6cncc(CNCc7ccccc7)c6)c(F)c45)[nH]c23)c1. The number of aryl methyl sites for hydroxylation is 1. The van der Waals surface area contributed by atoms with Gasteiger partial charge in [-0.05, 0) is 52.9 Å². The van der Waals surface area contributed by atoms with Crippen LogP contribution in [0.15, 0.2) is 85.5 Å². The molecule has 0 saturated carbocycles. The van der Waals surface area contributed by atoms with E-state index in [0.29, 0.717) is 52.0 Å². The minimum absolute atomic E-state index is 0.101. The Labute approximate surface area is 268 Å². The first-order valence-corrected chi connectivity index (χ1v) is 16.8. The Hall–Kier alpha value is -5.40. The molecule has 13 heteroatoms. The number of hydrogen-bond acceptors (Lipinski definition) is 8. The lowest BCUT2D eigenvalue weighted by Gasteiger charge is -2.08. The molecule has 0 aliphatic carbocycles. The van der Waals surface area contributed by atoms with Crippen LogP contribution in [0.2, 0.25) is 0 Å². The van der Waals surface area contributed by atoms with E-state index in [1.54, 1.807) is 30.7 Å². The molecule has 5 aromatic heterocycles. The lowest BCUT2D eigenvalue weighted by molar-refractivity contribution is 0.600. The number of rotatable bonds is 10. The zero-order chi connectivity index (χ0) is 32.5. The third-order valence-electron chi connectivity index (χ3n) is 7.76. The van der Waals surface area contributed by atoms with Crippen molar-refractivity contribution in [2.75, 3.05) is 12.0 Å². The number of H-pyrrole nitrogens is 2. The highest BCUT2D eigenvalue weighted by molar-refractivity contribution is 7.90. The number of nitrogens with one attached hydrogen (secondary N) is 3. The summed E-state index contributed by atoms with van der Waals surface area (Å²) in [5.41, 5.74) is 5.75. The average molecular weight is 651 g/mol. The number of imidazole rings is 1. The summed E-state index contributed by atoms with van der Waals surface area (Å²) >= 11 is 0. The van der Waals surface area contributed by atoms with Gasteiger partial charge < -0.3 is 10.3 Å². The van der Waals surface area contributed by atoms with Crippen LogP contribution in [0.4, 0.5) is 8.78 Å². The number of aromatic nitrogens is 7. The van der Waals surface area contributed by atoms with Crippen LogP contribution in [0.5, 0.6) is 0 Å². The van der Waals surface area contributed by atoms with E-state index >= 15 is 4.39 Å². The molecule has 7 rings (SSSR count). The monoisotopic (exact) mass is 650 g/mol. The first kappa shape index (κ1) is 30.3. The van der Waals surface area contributed by atoms with Crippen LogP contribution in [0.25, 0.3) is 56.0 Å². The third-order valence-corrected chi connectivity index (χ3v) is 8.71. The minimum Gasteiger partial charge on any atom is -0.335 e. The summed E-state index contributed by atoms with van der Waals surface area (Å²) in [6, 6.07) is 18.0. The van der Waals surface area contributed by atoms with Crippen molar-refractivity contribution >= 4 is 31.9 Å². The molecule has 0 atom stereocenters. The van der Waals surface area contributed by atoms with Crippen molar-refractivity contribution in [1.29, 1.82) is 0 Å². The largest absolute Gasteiger partial charge is 0.335 e. The van der Waals surface area contributed by atoms with Crippen LogP contribution in [0.1, 0.15) is 16.7 Å². The molecule has 2 aromatic carbocycles. The minimum atomic E-state index is -3.23. The standard InChI is InChI=1S/C34H28F2N8O2S/c1-47(45,46)10-8-21-11-23(14-25(35)13-21)26-7-9-39-33-31(26)41-34(42-33)32-28-27(43-44-32)19-40-30(29(28)36)24-12-22(17-38-18-24)16-37-15-20-5-3-2-4-6-20/h2-7,9,11-14,17-19,37H,8,10,15-16H2,1H3,(H,43,44)(H,39,41,42). The maximum Gasteiger partial charge on any atom is 0.178 e. The quantitative estimate of drug-likeness (QED) is 0.169. The molecule has 47 heavy (non-hydrogen) atoms. The van der Waals surface area contributed by atoms with Crippen LogP contribution in [-0.4, -0.2) is 55.5 Å². The molecule has 0 bridgehead atoms. The number of aromatic amines is 2. The van der Waals surface area contributed by atoms with Crippen molar-refractivity contribution in [1.82, 2.24) is 40.4 Å². The van der Waals surface area contributed by atoms with Gasteiger partial charge in [-0.3, -0.25) is 15.1 Å². The second kappa shape index (κ2) is 12.4. The zero-order valence-electron chi connectivity index (χ0n) is 25.1. The van der Waals surface area contributed by atoms with Gasteiger partial charge in [-0.15, -0.1) is 0 Å². The lowest BCUT2D eigenvalue weighted by Crippen LogP contribution is -2.12. The van der Waals surface area contributed by atoms with Gasteiger partial charge in [-0.1, -0.05) is 36.4 Å². The van der Waals surface area contributed by atoms with Crippen LogP contribution >= 0.6 is 0 Å². The molecule has 7 aromatic rings. The molecule has 0 amide bonds. The molecule has 3 N–H and O–H groups in total. The van der Waals surface area contributed by atoms with Crippen molar-refractivity contribution in [3.63, 3.8) is 0 Å². The smallest absolute Gasteiger partial charge is 0.178 e. The summed E-state index contributed by atoms with van der Waals surface area (Å²) in [6.45, 7) is 1.22. The Morgan fingerprint density at radius 3 is 2.49 bits per heavy atom. The average Bonchev–Trinajstić information content (AvgIpc) is 3.69. The molecule has 5 heterocycles. The van der Waals surface area contributed by atoms with Gasteiger partial charge in [0, 0.05) is 49.1 Å². The van der Waals surface area contributed by atoms with Crippen molar-refractivity contribution in [2.24, 2.45) is 0 Å². The number of halogens is 2. The van der Waals surface area contributed by atoms with Crippen molar-refractivity contribution in [2.45, 2.75) is 19.5 Å². The number of fused-ring (bicyclic) bond motifs is 2. The molecule has 0 fully saturated rings. The van der Waals surface area contributed by atoms with Gasteiger partial charge in [0.25, 0.3) is 0 Å². The summed E-state index contributed by atoms with van der Waals surface area (Å²) in [5, 5.41) is 10.8. The predicted octanol–water partition coefficient (Wildman–Crippen LogP) is 5.78. The van der Waals surface area contributed by atoms with E-state index in [-0.39, 0.29) is 34.8 Å². The molecule has 0 aliphatic rings. The van der Waals surface area contributed by atoms with E-state index in [9.17, 15) is 12.8 Å². The van der Waals surface area contributed by atoms with Gasteiger partial charge in [0.15, 0.2) is 17.3 Å². The van der Waals surface area contributed by atoms with Crippen molar-refractivity contribution < 1.29 is 17.2 Å². The molecular weight excluding hydrogens is 622 g/mol. The number of benzene rings is 2.